The molecule has 2 aromatic carbocycles. The molecular formula is C23H25NO2S2. The lowest BCUT2D eigenvalue weighted by Gasteiger charge is -2.47. The summed E-state index contributed by atoms with van der Waals surface area (Å²) in [5, 5.41) is 0. The molecule has 0 N–H and O–H groups in total. The van der Waals surface area contributed by atoms with Crippen LogP contribution in [0.15, 0.2) is 60.7 Å². The first-order chi connectivity index (χ1) is 13.8. The zero-order chi connectivity index (χ0) is 19.0. The fourth-order valence-corrected chi connectivity index (χ4v) is 8.44. The van der Waals surface area contributed by atoms with E-state index in [4.69, 9.17) is 4.74 Å². The molecule has 3 heterocycles. The van der Waals surface area contributed by atoms with Crippen LogP contribution in [-0.4, -0.2) is 35.1 Å². The van der Waals surface area contributed by atoms with Crippen molar-refractivity contribution in [3.05, 3.63) is 71.8 Å². The smallest absolute Gasteiger partial charge is 0.225 e. The Morgan fingerprint density at radius 1 is 0.964 bits per heavy atom. The minimum atomic E-state index is -0.0971. The summed E-state index contributed by atoms with van der Waals surface area (Å²) >= 11 is 4.08. The Balaban J connectivity index is 1.43. The van der Waals surface area contributed by atoms with Gasteiger partial charge in [-0.05, 0) is 41.4 Å². The third-order valence-electron chi connectivity index (χ3n) is 6.11. The van der Waals surface area contributed by atoms with Crippen molar-refractivity contribution in [3.63, 3.8) is 0 Å². The van der Waals surface area contributed by atoms with Crippen molar-refractivity contribution < 1.29 is 9.53 Å². The molecular weight excluding hydrogens is 386 g/mol. The van der Waals surface area contributed by atoms with Crippen molar-refractivity contribution >= 4 is 29.4 Å². The molecule has 0 unspecified atom stereocenters. The van der Waals surface area contributed by atoms with Gasteiger partial charge in [0.1, 0.15) is 6.23 Å². The zero-order valence-corrected chi connectivity index (χ0v) is 17.5. The molecule has 0 radical (unpaired) electrons. The van der Waals surface area contributed by atoms with Crippen LogP contribution in [0, 0.1) is 5.92 Å². The summed E-state index contributed by atoms with van der Waals surface area (Å²) in [6, 6.07) is 21.2. The summed E-state index contributed by atoms with van der Waals surface area (Å²) < 4.78 is 6.15. The van der Waals surface area contributed by atoms with Crippen molar-refractivity contribution in [2.24, 2.45) is 5.92 Å². The van der Waals surface area contributed by atoms with Crippen LogP contribution in [0.2, 0.25) is 0 Å². The lowest BCUT2D eigenvalue weighted by atomic mass is 9.87. The molecule has 1 amide bonds. The minimum Gasteiger partial charge on any atom is -0.356 e. The molecule has 3 aliphatic rings. The van der Waals surface area contributed by atoms with Crippen molar-refractivity contribution in [2.45, 2.75) is 35.6 Å². The van der Waals surface area contributed by atoms with E-state index in [9.17, 15) is 4.79 Å². The predicted octanol–water partition coefficient (Wildman–Crippen LogP) is 5.05. The predicted molar refractivity (Wildman–Crippen MR) is 116 cm³/mol. The molecule has 28 heavy (non-hydrogen) atoms. The average molecular weight is 412 g/mol. The molecule has 0 aromatic heterocycles. The first kappa shape index (κ1) is 18.6. The minimum absolute atomic E-state index is 0.0323. The molecule has 146 valence electrons. The highest BCUT2D eigenvalue weighted by Crippen LogP contribution is 2.59. The van der Waals surface area contributed by atoms with Gasteiger partial charge in [0.05, 0.1) is 16.7 Å². The summed E-state index contributed by atoms with van der Waals surface area (Å²) in [6.45, 7) is 0.603. The van der Waals surface area contributed by atoms with Gasteiger partial charge in [-0.15, -0.1) is 23.5 Å². The molecule has 5 heteroatoms. The third kappa shape index (κ3) is 3.17. The average Bonchev–Trinajstić information content (AvgIpc) is 3.20. The molecule has 5 rings (SSSR count). The van der Waals surface area contributed by atoms with E-state index in [0.29, 0.717) is 18.9 Å². The summed E-state index contributed by atoms with van der Waals surface area (Å²) in [5.74, 6) is 2.87. The maximum absolute atomic E-state index is 13.3. The van der Waals surface area contributed by atoms with Gasteiger partial charge in [0.15, 0.2) is 0 Å². The van der Waals surface area contributed by atoms with Crippen molar-refractivity contribution in [2.75, 3.05) is 18.1 Å². The Morgan fingerprint density at radius 3 is 2.36 bits per heavy atom. The van der Waals surface area contributed by atoms with Gasteiger partial charge in [0.25, 0.3) is 0 Å². The Hall–Kier alpha value is -1.43. The molecule has 2 aromatic rings. The Labute approximate surface area is 175 Å². The molecule has 0 spiro atoms. The van der Waals surface area contributed by atoms with Crippen molar-refractivity contribution in [3.8, 4) is 0 Å². The number of hydrogen-bond acceptors (Lipinski definition) is 4. The standard InChI is InChI=1S/C23H25NO2S2/c25-21-14-19(23(27-12-7-13-28-23)18-10-5-2-6-11-18)15-22-24(21)20(16-26-22)17-8-3-1-4-9-17/h1-6,8-11,19-20,22H,7,12-16H2/t19-,20+,22-/m1/s1. The Bertz CT molecular complexity index is 823. The molecule has 0 aliphatic carbocycles. The van der Waals surface area contributed by atoms with Crippen LogP contribution < -0.4 is 0 Å². The van der Waals surface area contributed by atoms with E-state index in [0.717, 1.165) is 17.9 Å². The molecule has 0 bridgehead atoms. The second-order valence-electron chi connectivity index (χ2n) is 7.74. The Morgan fingerprint density at radius 2 is 1.64 bits per heavy atom. The van der Waals surface area contributed by atoms with Gasteiger partial charge < -0.3 is 9.64 Å². The quantitative estimate of drug-likeness (QED) is 0.707. The first-order valence-electron chi connectivity index (χ1n) is 10.1. The van der Waals surface area contributed by atoms with Gasteiger partial charge in [-0.3, -0.25) is 4.79 Å². The van der Waals surface area contributed by atoms with E-state index >= 15 is 0 Å². The van der Waals surface area contributed by atoms with Crippen LogP contribution in [0.1, 0.15) is 36.4 Å². The normalized spacial score (nSPS) is 29.5. The van der Waals surface area contributed by atoms with E-state index in [-0.39, 0.29) is 22.3 Å². The molecule has 3 aliphatic heterocycles. The monoisotopic (exact) mass is 411 g/mol. The molecule has 0 saturated carbocycles. The van der Waals surface area contributed by atoms with Crippen LogP contribution in [0.4, 0.5) is 0 Å². The van der Waals surface area contributed by atoms with Crippen molar-refractivity contribution in [1.29, 1.82) is 0 Å². The van der Waals surface area contributed by atoms with E-state index in [1.54, 1.807) is 0 Å². The lowest BCUT2D eigenvalue weighted by molar-refractivity contribution is -0.145. The molecule has 3 atom stereocenters. The number of carbonyl (C=O) groups excluding carboxylic acids is 1. The van der Waals surface area contributed by atoms with E-state index in [2.05, 4.69) is 42.5 Å². The number of carbonyl (C=O) groups is 1. The number of nitrogens with zero attached hydrogens (tertiary/aromatic N) is 1. The molecule has 3 fully saturated rings. The molecule has 3 nitrogen and oxygen atoms in total. The number of benzene rings is 2. The fourth-order valence-electron chi connectivity index (χ4n) is 4.80. The second kappa shape index (κ2) is 7.77. The van der Waals surface area contributed by atoms with Gasteiger partial charge >= 0.3 is 0 Å². The first-order valence-corrected chi connectivity index (χ1v) is 12.1. The summed E-state index contributed by atoms with van der Waals surface area (Å²) in [7, 11) is 0. The van der Waals surface area contributed by atoms with E-state index < -0.39 is 0 Å². The maximum Gasteiger partial charge on any atom is 0.225 e. The highest BCUT2D eigenvalue weighted by molar-refractivity contribution is 8.18. The summed E-state index contributed by atoms with van der Waals surface area (Å²) in [6.07, 6.45) is 2.68. The second-order valence-corrected chi connectivity index (χ2v) is 10.7. The number of ether oxygens (including phenoxy) is 1. The van der Waals surface area contributed by atoms with Gasteiger partial charge in [-0.2, -0.15) is 0 Å². The van der Waals surface area contributed by atoms with Gasteiger partial charge in [0.2, 0.25) is 5.91 Å². The highest BCUT2D eigenvalue weighted by Gasteiger charge is 2.51. The maximum atomic E-state index is 13.3. The van der Waals surface area contributed by atoms with Gasteiger partial charge in [-0.25, -0.2) is 0 Å². The Kier molecular flexibility index (Phi) is 5.16. The summed E-state index contributed by atoms with van der Waals surface area (Å²) in [4.78, 5) is 15.3. The van der Waals surface area contributed by atoms with E-state index in [1.807, 2.05) is 46.6 Å². The number of piperidine rings is 1. The zero-order valence-electron chi connectivity index (χ0n) is 15.8. The van der Waals surface area contributed by atoms with E-state index in [1.165, 1.54) is 17.5 Å². The van der Waals surface area contributed by atoms with Crippen molar-refractivity contribution in [1.82, 2.24) is 4.90 Å². The topological polar surface area (TPSA) is 29.5 Å². The van der Waals surface area contributed by atoms with Gasteiger partial charge in [0, 0.05) is 6.42 Å². The highest BCUT2D eigenvalue weighted by atomic mass is 32.2. The third-order valence-corrected chi connectivity index (χ3v) is 9.80. The number of fused-ring (bicyclic) bond motifs is 1. The number of rotatable bonds is 3. The fraction of sp³-hybridized carbons (Fsp3) is 0.435. The lowest BCUT2D eigenvalue weighted by Crippen LogP contribution is -2.48. The number of amides is 1. The largest absolute Gasteiger partial charge is 0.356 e. The van der Waals surface area contributed by atoms with Crippen LogP contribution in [0.3, 0.4) is 0 Å². The number of hydrogen-bond donors (Lipinski definition) is 0. The van der Waals surface area contributed by atoms with Crippen LogP contribution in [0.25, 0.3) is 0 Å². The van der Waals surface area contributed by atoms with Crippen LogP contribution in [0.5, 0.6) is 0 Å². The molecule has 3 saturated heterocycles. The van der Waals surface area contributed by atoms with Gasteiger partial charge in [-0.1, -0.05) is 60.7 Å². The SMILES string of the molecule is O=C1C[C@@H](C2(c3ccccc3)SCCCS2)C[C@H]2OC[C@@H](c3ccccc3)N12. The summed E-state index contributed by atoms with van der Waals surface area (Å²) in [5.41, 5.74) is 2.53. The van der Waals surface area contributed by atoms with Crippen LogP contribution in [-0.2, 0) is 13.6 Å². The number of thioether (sulfide) groups is 2. The van der Waals surface area contributed by atoms with Crippen LogP contribution >= 0.6 is 23.5 Å².